The van der Waals surface area contributed by atoms with E-state index in [0.29, 0.717) is 12.1 Å². The van der Waals surface area contributed by atoms with Crippen LogP contribution in [0.25, 0.3) is 0 Å². The maximum atomic E-state index is 11.5. The molecule has 0 spiro atoms. The molecule has 4 heteroatoms. The molecule has 0 aliphatic heterocycles. The van der Waals surface area contributed by atoms with Crippen LogP contribution in [0.1, 0.15) is 32.3 Å². The van der Waals surface area contributed by atoms with Gasteiger partial charge in [0.15, 0.2) is 6.61 Å². The van der Waals surface area contributed by atoms with E-state index in [4.69, 9.17) is 4.74 Å². The fraction of sp³-hybridized carbons (Fsp3) is 0.562. The van der Waals surface area contributed by atoms with Crippen molar-refractivity contribution in [2.75, 3.05) is 13.2 Å². The van der Waals surface area contributed by atoms with Gasteiger partial charge in [-0.1, -0.05) is 19.1 Å². The largest absolute Gasteiger partial charge is 0.484 e. The van der Waals surface area contributed by atoms with Crippen molar-refractivity contribution in [1.29, 1.82) is 0 Å². The summed E-state index contributed by atoms with van der Waals surface area (Å²) in [5.74, 6) is 0.716. The lowest BCUT2D eigenvalue weighted by atomic mass is 10.1. The average Bonchev–Trinajstić information content (AvgIpc) is 3.22. The van der Waals surface area contributed by atoms with Crippen LogP contribution in [0.4, 0.5) is 0 Å². The van der Waals surface area contributed by atoms with Gasteiger partial charge in [0.05, 0.1) is 0 Å². The van der Waals surface area contributed by atoms with E-state index in [0.717, 1.165) is 31.6 Å². The summed E-state index contributed by atoms with van der Waals surface area (Å²) in [4.78, 5) is 11.5. The number of hydrogen-bond acceptors (Lipinski definition) is 3. The smallest absolute Gasteiger partial charge is 0.258 e. The molecule has 1 aromatic carbocycles. The van der Waals surface area contributed by atoms with E-state index < -0.39 is 0 Å². The van der Waals surface area contributed by atoms with Crippen LogP contribution >= 0.6 is 0 Å². The first kappa shape index (κ1) is 14.9. The Hall–Kier alpha value is -1.55. The van der Waals surface area contributed by atoms with Gasteiger partial charge in [-0.25, -0.2) is 0 Å². The van der Waals surface area contributed by atoms with Gasteiger partial charge in [0.25, 0.3) is 5.91 Å². The van der Waals surface area contributed by atoms with Crippen molar-refractivity contribution in [3.8, 4) is 5.75 Å². The zero-order valence-electron chi connectivity index (χ0n) is 12.3. The maximum Gasteiger partial charge on any atom is 0.258 e. The molecule has 1 unspecified atom stereocenters. The highest BCUT2D eigenvalue weighted by Gasteiger charge is 2.23. The molecule has 1 aliphatic rings. The number of carbonyl (C=O) groups is 1. The molecular weight excluding hydrogens is 252 g/mol. The summed E-state index contributed by atoms with van der Waals surface area (Å²) in [5, 5.41) is 6.29. The molecule has 1 aliphatic carbocycles. The second kappa shape index (κ2) is 7.29. The van der Waals surface area contributed by atoms with Crippen molar-refractivity contribution in [2.45, 2.75) is 45.2 Å². The Morgan fingerprint density at radius 1 is 1.35 bits per heavy atom. The fourth-order valence-corrected chi connectivity index (χ4v) is 2.14. The average molecular weight is 276 g/mol. The summed E-state index contributed by atoms with van der Waals surface area (Å²) in [7, 11) is 0. The van der Waals surface area contributed by atoms with Gasteiger partial charge in [-0.3, -0.25) is 4.79 Å². The quantitative estimate of drug-likeness (QED) is 0.762. The summed E-state index contributed by atoms with van der Waals surface area (Å²) in [5.41, 5.74) is 1.27. The van der Waals surface area contributed by atoms with Crippen molar-refractivity contribution in [3.05, 3.63) is 29.8 Å². The lowest BCUT2D eigenvalue weighted by Crippen LogP contribution is -2.30. The van der Waals surface area contributed by atoms with Gasteiger partial charge >= 0.3 is 0 Å². The van der Waals surface area contributed by atoms with Crippen LogP contribution in [0.15, 0.2) is 24.3 Å². The molecule has 0 aromatic heterocycles. The van der Waals surface area contributed by atoms with E-state index in [1.807, 2.05) is 12.1 Å². The summed E-state index contributed by atoms with van der Waals surface area (Å²) >= 11 is 0. The second-order valence-corrected chi connectivity index (χ2v) is 5.44. The number of likely N-dealkylation sites (N-methyl/N-ethyl adjacent to an activating group) is 1. The van der Waals surface area contributed by atoms with Crippen LogP contribution in [-0.4, -0.2) is 31.1 Å². The molecule has 1 saturated carbocycles. The molecule has 110 valence electrons. The van der Waals surface area contributed by atoms with Crippen molar-refractivity contribution >= 4 is 5.91 Å². The first-order valence-corrected chi connectivity index (χ1v) is 7.42. The highest BCUT2D eigenvalue weighted by molar-refractivity contribution is 5.78. The Morgan fingerprint density at radius 3 is 2.65 bits per heavy atom. The normalized spacial score (nSPS) is 15.7. The van der Waals surface area contributed by atoms with Crippen molar-refractivity contribution in [1.82, 2.24) is 10.6 Å². The Kier molecular flexibility index (Phi) is 5.41. The number of rotatable bonds is 8. The molecule has 4 nitrogen and oxygen atoms in total. The Morgan fingerprint density at radius 2 is 2.05 bits per heavy atom. The lowest BCUT2D eigenvalue weighted by Gasteiger charge is -2.12. The van der Waals surface area contributed by atoms with Crippen LogP contribution in [0, 0.1) is 0 Å². The maximum absolute atomic E-state index is 11.5. The van der Waals surface area contributed by atoms with Crippen LogP contribution in [0.3, 0.4) is 0 Å². The first-order chi connectivity index (χ1) is 9.67. The molecule has 0 saturated heterocycles. The topological polar surface area (TPSA) is 50.4 Å². The third-order valence-electron chi connectivity index (χ3n) is 3.33. The molecule has 0 bridgehead atoms. The van der Waals surface area contributed by atoms with Gasteiger partial charge < -0.3 is 15.4 Å². The minimum atomic E-state index is -0.0302. The van der Waals surface area contributed by atoms with E-state index in [-0.39, 0.29) is 12.5 Å². The highest BCUT2D eigenvalue weighted by Crippen LogP contribution is 2.18. The first-order valence-electron chi connectivity index (χ1n) is 7.42. The van der Waals surface area contributed by atoms with E-state index >= 15 is 0 Å². The minimum absolute atomic E-state index is 0.0302. The van der Waals surface area contributed by atoms with Gasteiger partial charge in [0.2, 0.25) is 0 Å². The number of hydrogen-bond donors (Lipinski definition) is 2. The molecule has 2 rings (SSSR count). The van der Waals surface area contributed by atoms with Crippen LogP contribution < -0.4 is 15.4 Å². The summed E-state index contributed by atoms with van der Waals surface area (Å²) in [6.45, 7) is 5.37. The Balaban J connectivity index is 1.74. The summed E-state index contributed by atoms with van der Waals surface area (Å²) in [6.07, 6.45) is 3.20. The number of ether oxygens (including phenoxy) is 1. The third kappa shape index (κ3) is 5.21. The predicted octanol–water partition coefficient (Wildman–Crippen LogP) is 1.88. The van der Waals surface area contributed by atoms with Gasteiger partial charge in [-0.05, 0) is 50.4 Å². The van der Waals surface area contributed by atoms with E-state index in [1.165, 1.54) is 5.56 Å². The zero-order valence-corrected chi connectivity index (χ0v) is 12.3. The van der Waals surface area contributed by atoms with Crippen molar-refractivity contribution in [2.24, 2.45) is 0 Å². The van der Waals surface area contributed by atoms with E-state index in [2.05, 4.69) is 36.6 Å². The predicted molar refractivity (Wildman–Crippen MR) is 79.9 cm³/mol. The molecule has 0 radical (unpaired) electrons. The Bertz CT molecular complexity index is 427. The zero-order chi connectivity index (χ0) is 14.4. The molecule has 1 aromatic rings. The Labute approximate surface area is 120 Å². The third-order valence-corrected chi connectivity index (χ3v) is 3.33. The van der Waals surface area contributed by atoms with E-state index in [9.17, 15) is 4.79 Å². The van der Waals surface area contributed by atoms with Crippen LogP contribution in [0.2, 0.25) is 0 Å². The fourth-order valence-electron chi connectivity index (χ4n) is 2.14. The summed E-state index contributed by atoms with van der Waals surface area (Å²) < 4.78 is 5.48. The van der Waals surface area contributed by atoms with Crippen molar-refractivity contribution in [3.63, 3.8) is 0 Å². The SMILES string of the molecule is CCNC(C)Cc1ccc(OCC(=O)NC2CC2)cc1. The lowest BCUT2D eigenvalue weighted by molar-refractivity contribution is -0.123. The van der Waals surface area contributed by atoms with Gasteiger partial charge in [0.1, 0.15) is 5.75 Å². The second-order valence-electron chi connectivity index (χ2n) is 5.44. The van der Waals surface area contributed by atoms with E-state index in [1.54, 1.807) is 0 Å². The standard InChI is InChI=1S/C16H24N2O2/c1-3-17-12(2)10-13-4-8-15(9-5-13)20-11-16(19)18-14-6-7-14/h4-5,8-9,12,14,17H,3,6-7,10-11H2,1-2H3,(H,18,19). The molecule has 1 atom stereocenters. The molecule has 1 fully saturated rings. The monoisotopic (exact) mass is 276 g/mol. The summed E-state index contributed by atoms with van der Waals surface area (Å²) in [6, 6.07) is 8.83. The van der Waals surface area contributed by atoms with Gasteiger partial charge in [-0.15, -0.1) is 0 Å². The number of benzene rings is 1. The minimum Gasteiger partial charge on any atom is -0.484 e. The molecule has 0 heterocycles. The van der Waals surface area contributed by atoms with Crippen molar-refractivity contribution < 1.29 is 9.53 Å². The highest BCUT2D eigenvalue weighted by atomic mass is 16.5. The van der Waals surface area contributed by atoms with Crippen LogP contribution in [-0.2, 0) is 11.2 Å². The molecule has 20 heavy (non-hydrogen) atoms. The molecule has 2 N–H and O–H groups in total. The molecule has 1 amide bonds. The van der Waals surface area contributed by atoms with Gasteiger partial charge in [0, 0.05) is 12.1 Å². The van der Waals surface area contributed by atoms with Crippen LogP contribution in [0.5, 0.6) is 5.75 Å². The molecular formula is C16H24N2O2. The number of nitrogens with one attached hydrogen (secondary N) is 2. The number of amides is 1. The number of carbonyl (C=O) groups excluding carboxylic acids is 1. The van der Waals surface area contributed by atoms with Gasteiger partial charge in [-0.2, -0.15) is 0 Å².